The Morgan fingerprint density at radius 1 is 1.00 bits per heavy atom. The molecule has 2 aliphatic rings. The Balaban J connectivity index is 1.10. The first-order valence-electron chi connectivity index (χ1n) is 12.7. The Labute approximate surface area is 205 Å². The van der Waals surface area contributed by atoms with Crippen molar-refractivity contribution < 1.29 is 4.79 Å². The van der Waals surface area contributed by atoms with E-state index in [1.54, 1.807) is 12.1 Å². The number of amides is 1. The van der Waals surface area contributed by atoms with Crippen LogP contribution in [0.3, 0.4) is 0 Å². The maximum Gasteiger partial charge on any atom is 0.271 e. The van der Waals surface area contributed by atoms with E-state index < -0.39 is 0 Å². The Kier molecular flexibility index (Phi) is 7.16. The molecule has 8 heteroatoms. The van der Waals surface area contributed by atoms with Crippen LogP contribution < -0.4 is 15.8 Å². The lowest BCUT2D eigenvalue weighted by Gasteiger charge is -2.32. The van der Waals surface area contributed by atoms with Crippen LogP contribution >= 0.6 is 0 Å². The predicted molar refractivity (Wildman–Crippen MR) is 135 cm³/mol. The van der Waals surface area contributed by atoms with Crippen molar-refractivity contribution in [2.75, 3.05) is 24.5 Å². The highest BCUT2D eigenvalue weighted by molar-refractivity contribution is 5.92. The fourth-order valence-electron chi connectivity index (χ4n) is 5.06. The fraction of sp³-hybridized carbons (Fsp3) is 0.444. The quantitative estimate of drug-likeness (QED) is 0.568. The van der Waals surface area contributed by atoms with Crippen molar-refractivity contribution in [2.45, 2.75) is 51.5 Å². The van der Waals surface area contributed by atoms with Gasteiger partial charge in [-0.2, -0.15) is 5.10 Å². The SMILES string of the molecule is O=C(NCCn1nc2c(cc1=O)CCCC2)c1ccc(N2CCC(Cc3ccccc3)CC2)nn1. The molecule has 1 aliphatic carbocycles. The number of nitrogens with zero attached hydrogens (tertiary/aromatic N) is 5. The lowest BCUT2D eigenvalue weighted by atomic mass is 9.90. The number of fused-ring (bicyclic) bond motifs is 1. The van der Waals surface area contributed by atoms with Gasteiger partial charge in [0.2, 0.25) is 0 Å². The van der Waals surface area contributed by atoms with Gasteiger partial charge in [0.05, 0.1) is 12.2 Å². The zero-order valence-corrected chi connectivity index (χ0v) is 20.0. The molecule has 3 aromatic rings. The van der Waals surface area contributed by atoms with Crippen molar-refractivity contribution in [1.82, 2.24) is 25.3 Å². The van der Waals surface area contributed by atoms with Gasteiger partial charge >= 0.3 is 0 Å². The van der Waals surface area contributed by atoms with Crippen LogP contribution in [-0.4, -0.2) is 45.5 Å². The average molecular weight is 473 g/mol. The van der Waals surface area contributed by atoms with Gasteiger partial charge < -0.3 is 10.2 Å². The van der Waals surface area contributed by atoms with Crippen LogP contribution in [0.25, 0.3) is 0 Å². The molecule has 0 atom stereocenters. The van der Waals surface area contributed by atoms with Gasteiger partial charge in [0.15, 0.2) is 11.5 Å². The topological polar surface area (TPSA) is 93.0 Å². The van der Waals surface area contributed by atoms with Gasteiger partial charge in [0.1, 0.15) is 0 Å². The van der Waals surface area contributed by atoms with E-state index in [0.29, 0.717) is 19.0 Å². The molecule has 1 aromatic carbocycles. The van der Waals surface area contributed by atoms with Gasteiger partial charge in [-0.05, 0) is 74.1 Å². The zero-order chi connectivity index (χ0) is 24.0. The van der Waals surface area contributed by atoms with Crippen LogP contribution in [0.2, 0.25) is 0 Å². The number of nitrogens with one attached hydrogen (secondary N) is 1. The molecule has 0 saturated carbocycles. The number of anilines is 1. The molecule has 8 nitrogen and oxygen atoms in total. The van der Waals surface area contributed by atoms with E-state index in [1.807, 2.05) is 6.07 Å². The minimum absolute atomic E-state index is 0.114. The number of hydrogen-bond donors (Lipinski definition) is 1. The first-order valence-corrected chi connectivity index (χ1v) is 12.7. The van der Waals surface area contributed by atoms with Gasteiger partial charge in [0.25, 0.3) is 11.5 Å². The summed E-state index contributed by atoms with van der Waals surface area (Å²) in [4.78, 5) is 27.1. The molecule has 0 unspecified atom stereocenters. The average Bonchev–Trinajstić information content (AvgIpc) is 2.90. The smallest absolute Gasteiger partial charge is 0.271 e. The highest BCUT2D eigenvalue weighted by atomic mass is 16.2. The van der Waals surface area contributed by atoms with Gasteiger partial charge in [0, 0.05) is 25.7 Å². The van der Waals surface area contributed by atoms with Crippen LogP contribution in [0, 0.1) is 5.92 Å². The van der Waals surface area contributed by atoms with Crippen molar-refractivity contribution in [3.63, 3.8) is 0 Å². The zero-order valence-electron chi connectivity index (χ0n) is 20.0. The number of piperidine rings is 1. The Bertz CT molecular complexity index is 1200. The first-order chi connectivity index (χ1) is 17.2. The van der Waals surface area contributed by atoms with Crippen LogP contribution in [0.1, 0.15) is 53.0 Å². The molecule has 0 radical (unpaired) electrons. The molecule has 1 aliphatic heterocycles. The second kappa shape index (κ2) is 10.8. The van der Waals surface area contributed by atoms with E-state index in [4.69, 9.17) is 0 Å². The van der Waals surface area contributed by atoms with Crippen molar-refractivity contribution in [3.8, 4) is 0 Å². The summed E-state index contributed by atoms with van der Waals surface area (Å²) >= 11 is 0. The van der Waals surface area contributed by atoms with E-state index in [2.05, 4.69) is 55.8 Å². The largest absolute Gasteiger partial charge is 0.355 e. The summed E-state index contributed by atoms with van der Waals surface area (Å²) in [5.41, 5.74) is 3.63. The highest BCUT2D eigenvalue weighted by Crippen LogP contribution is 2.24. The molecule has 35 heavy (non-hydrogen) atoms. The number of aromatic nitrogens is 4. The molecular formula is C27H32N6O2. The monoisotopic (exact) mass is 472 g/mol. The van der Waals surface area contributed by atoms with E-state index in [-0.39, 0.29) is 17.2 Å². The second-order valence-electron chi connectivity index (χ2n) is 9.54. The van der Waals surface area contributed by atoms with Crippen LogP contribution in [0.15, 0.2) is 53.3 Å². The summed E-state index contributed by atoms with van der Waals surface area (Å²) in [6.07, 6.45) is 7.41. The summed E-state index contributed by atoms with van der Waals surface area (Å²) in [7, 11) is 0. The number of rotatable bonds is 7. The molecular weight excluding hydrogens is 440 g/mol. The van der Waals surface area contributed by atoms with Crippen molar-refractivity contribution in [2.24, 2.45) is 5.92 Å². The number of hydrogen-bond acceptors (Lipinski definition) is 6. The van der Waals surface area contributed by atoms with Gasteiger partial charge in [-0.25, -0.2) is 4.68 Å². The van der Waals surface area contributed by atoms with Crippen molar-refractivity contribution in [3.05, 3.63) is 81.4 Å². The molecule has 1 N–H and O–H groups in total. The molecule has 5 rings (SSSR count). The van der Waals surface area contributed by atoms with Crippen molar-refractivity contribution in [1.29, 1.82) is 0 Å². The van der Waals surface area contributed by atoms with E-state index in [0.717, 1.165) is 75.1 Å². The Hall–Kier alpha value is -3.55. The maximum atomic E-state index is 12.5. The van der Waals surface area contributed by atoms with Crippen LogP contribution in [0.4, 0.5) is 5.82 Å². The number of aryl methyl sites for hydroxylation is 2. The standard InChI is InChI=1S/C27H32N6O2/c34-26-19-22-8-4-5-9-23(22)31-33(26)17-14-28-27(35)24-10-11-25(30-29-24)32-15-12-21(13-16-32)18-20-6-2-1-3-7-20/h1-3,6-7,10-11,19,21H,4-5,8-9,12-18H2,(H,28,35). The third-order valence-electron chi connectivity index (χ3n) is 7.07. The maximum absolute atomic E-state index is 12.5. The Morgan fingerprint density at radius 2 is 1.80 bits per heavy atom. The minimum atomic E-state index is -0.295. The molecule has 0 bridgehead atoms. The van der Waals surface area contributed by atoms with Crippen LogP contribution in [-0.2, 0) is 25.8 Å². The lowest BCUT2D eigenvalue weighted by Crippen LogP contribution is -2.35. The Morgan fingerprint density at radius 3 is 2.57 bits per heavy atom. The molecule has 182 valence electrons. The molecule has 3 heterocycles. The van der Waals surface area contributed by atoms with E-state index in [1.165, 1.54) is 10.2 Å². The second-order valence-corrected chi connectivity index (χ2v) is 9.54. The third-order valence-corrected chi connectivity index (χ3v) is 7.07. The normalized spacial score (nSPS) is 16.1. The molecule has 1 saturated heterocycles. The molecule has 1 amide bonds. The fourth-order valence-corrected chi connectivity index (χ4v) is 5.06. The van der Waals surface area contributed by atoms with Gasteiger partial charge in [-0.15, -0.1) is 10.2 Å². The van der Waals surface area contributed by atoms with Gasteiger partial charge in [-0.3, -0.25) is 9.59 Å². The summed E-state index contributed by atoms with van der Waals surface area (Å²) in [6, 6.07) is 15.9. The molecule has 1 fully saturated rings. The minimum Gasteiger partial charge on any atom is -0.355 e. The number of carbonyl (C=O) groups excluding carboxylic acids is 1. The summed E-state index contributed by atoms with van der Waals surface area (Å²) < 4.78 is 1.45. The predicted octanol–water partition coefficient (Wildman–Crippen LogP) is 2.80. The highest BCUT2D eigenvalue weighted by Gasteiger charge is 2.21. The summed E-state index contributed by atoms with van der Waals surface area (Å²) in [5.74, 6) is 1.20. The van der Waals surface area contributed by atoms with Crippen LogP contribution in [0.5, 0.6) is 0 Å². The van der Waals surface area contributed by atoms with E-state index in [9.17, 15) is 9.59 Å². The summed E-state index contributed by atoms with van der Waals surface area (Å²) in [5, 5.41) is 15.8. The van der Waals surface area contributed by atoms with Gasteiger partial charge in [-0.1, -0.05) is 30.3 Å². The molecule has 0 spiro atoms. The number of benzene rings is 1. The lowest BCUT2D eigenvalue weighted by molar-refractivity contribution is 0.0945. The van der Waals surface area contributed by atoms with E-state index >= 15 is 0 Å². The first kappa shape index (κ1) is 23.2. The molecule has 2 aromatic heterocycles. The third kappa shape index (κ3) is 5.75. The van der Waals surface area contributed by atoms with Crippen molar-refractivity contribution >= 4 is 11.7 Å². The summed E-state index contributed by atoms with van der Waals surface area (Å²) in [6.45, 7) is 2.53. The number of carbonyl (C=O) groups is 1.